The third-order valence-corrected chi connectivity index (χ3v) is 6.58. The lowest BCUT2D eigenvalue weighted by Gasteiger charge is -2.18. The number of halogens is 1. The SMILES string of the molecule is CN(Cc1ccc(N(C)C)cc1)C(=O)CSc1nnc(-c2ccc(F)cc2)n1Cc1ccccc1. The average Bonchev–Trinajstić information content (AvgIpc) is 3.26. The van der Waals surface area contributed by atoms with Gasteiger partial charge in [-0.2, -0.15) is 0 Å². The molecule has 0 bridgehead atoms. The van der Waals surface area contributed by atoms with Crippen molar-refractivity contribution in [1.82, 2.24) is 19.7 Å². The minimum atomic E-state index is -0.303. The van der Waals surface area contributed by atoms with E-state index in [-0.39, 0.29) is 17.5 Å². The normalized spacial score (nSPS) is 10.9. The summed E-state index contributed by atoms with van der Waals surface area (Å²) in [7, 11) is 5.81. The van der Waals surface area contributed by atoms with Gasteiger partial charge in [0.1, 0.15) is 5.82 Å². The van der Waals surface area contributed by atoms with Crippen molar-refractivity contribution in [2.75, 3.05) is 31.8 Å². The second kappa shape index (κ2) is 11.2. The van der Waals surface area contributed by atoms with Gasteiger partial charge in [0.2, 0.25) is 5.91 Å². The molecule has 1 heterocycles. The van der Waals surface area contributed by atoms with Crippen molar-refractivity contribution in [3.8, 4) is 11.4 Å². The summed E-state index contributed by atoms with van der Waals surface area (Å²) in [5.41, 5.74) is 4.05. The van der Waals surface area contributed by atoms with Gasteiger partial charge in [-0.3, -0.25) is 9.36 Å². The van der Waals surface area contributed by atoms with Crippen molar-refractivity contribution in [2.24, 2.45) is 0 Å². The minimum Gasteiger partial charge on any atom is -0.378 e. The highest BCUT2D eigenvalue weighted by molar-refractivity contribution is 7.99. The third kappa shape index (κ3) is 6.27. The molecule has 1 aromatic heterocycles. The van der Waals surface area contributed by atoms with Crippen molar-refractivity contribution in [3.63, 3.8) is 0 Å². The molecule has 1 amide bonds. The molecule has 0 spiro atoms. The number of anilines is 1. The second-order valence-electron chi connectivity index (χ2n) is 8.48. The van der Waals surface area contributed by atoms with E-state index in [0.29, 0.717) is 24.1 Å². The number of hydrogen-bond donors (Lipinski definition) is 0. The lowest BCUT2D eigenvalue weighted by Crippen LogP contribution is -2.28. The zero-order valence-corrected chi connectivity index (χ0v) is 20.9. The number of thioether (sulfide) groups is 1. The monoisotopic (exact) mass is 489 g/mol. The Morgan fingerprint density at radius 3 is 2.23 bits per heavy atom. The summed E-state index contributed by atoms with van der Waals surface area (Å²) < 4.78 is 15.4. The molecule has 4 aromatic rings. The molecule has 180 valence electrons. The predicted octanol–water partition coefficient (Wildman–Crippen LogP) is 4.95. The molecule has 0 saturated heterocycles. The Bertz CT molecular complexity index is 1260. The van der Waals surface area contributed by atoms with Crippen LogP contribution in [0.3, 0.4) is 0 Å². The van der Waals surface area contributed by atoms with E-state index in [1.54, 1.807) is 24.1 Å². The number of nitrogens with zero attached hydrogens (tertiary/aromatic N) is 5. The van der Waals surface area contributed by atoms with Gasteiger partial charge in [0, 0.05) is 38.9 Å². The van der Waals surface area contributed by atoms with Gasteiger partial charge in [-0.05, 0) is 47.5 Å². The van der Waals surface area contributed by atoms with Crippen molar-refractivity contribution >= 4 is 23.4 Å². The summed E-state index contributed by atoms with van der Waals surface area (Å²) in [4.78, 5) is 16.6. The molecule has 0 saturated carbocycles. The van der Waals surface area contributed by atoms with E-state index < -0.39 is 0 Å². The summed E-state index contributed by atoms with van der Waals surface area (Å²) >= 11 is 1.36. The van der Waals surface area contributed by atoms with Gasteiger partial charge in [0.25, 0.3) is 0 Å². The summed E-state index contributed by atoms with van der Waals surface area (Å²) in [6, 6.07) is 24.4. The summed E-state index contributed by atoms with van der Waals surface area (Å²) in [6.45, 7) is 1.08. The van der Waals surface area contributed by atoms with Crippen molar-refractivity contribution in [1.29, 1.82) is 0 Å². The van der Waals surface area contributed by atoms with Gasteiger partial charge >= 0.3 is 0 Å². The standard InChI is InChI=1S/C27H28FN5OS/c1-31(2)24-15-9-21(10-16-24)17-32(3)25(34)19-35-27-30-29-26(22-11-13-23(28)14-12-22)33(27)18-20-7-5-4-6-8-20/h4-16H,17-19H2,1-3H3. The molecule has 0 unspecified atom stereocenters. The van der Waals surface area contributed by atoms with Crippen LogP contribution in [0.4, 0.5) is 10.1 Å². The van der Waals surface area contributed by atoms with Crippen LogP contribution >= 0.6 is 11.8 Å². The third-order valence-electron chi connectivity index (χ3n) is 5.63. The van der Waals surface area contributed by atoms with Gasteiger partial charge in [-0.25, -0.2) is 4.39 Å². The van der Waals surface area contributed by atoms with Crippen LogP contribution < -0.4 is 4.90 Å². The lowest BCUT2D eigenvalue weighted by molar-refractivity contribution is -0.127. The maximum Gasteiger partial charge on any atom is 0.233 e. The Balaban J connectivity index is 1.47. The Morgan fingerprint density at radius 2 is 1.57 bits per heavy atom. The molecule has 0 fully saturated rings. The highest BCUT2D eigenvalue weighted by Crippen LogP contribution is 2.26. The largest absolute Gasteiger partial charge is 0.378 e. The predicted molar refractivity (Wildman–Crippen MR) is 139 cm³/mol. The maximum absolute atomic E-state index is 13.5. The van der Waals surface area contributed by atoms with Crippen molar-refractivity contribution in [2.45, 2.75) is 18.2 Å². The van der Waals surface area contributed by atoms with Crippen LogP contribution in [0.2, 0.25) is 0 Å². The summed E-state index contributed by atoms with van der Waals surface area (Å²) in [6.07, 6.45) is 0. The minimum absolute atomic E-state index is 0.00396. The Morgan fingerprint density at radius 1 is 0.886 bits per heavy atom. The molecular weight excluding hydrogens is 461 g/mol. The average molecular weight is 490 g/mol. The number of carbonyl (C=O) groups is 1. The first-order valence-electron chi connectivity index (χ1n) is 11.3. The molecule has 0 aliphatic rings. The van der Waals surface area contributed by atoms with Gasteiger partial charge in [-0.15, -0.1) is 10.2 Å². The van der Waals surface area contributed by atoms with E-state index in [4.69, 9.17) is 0 Å². The smallest absolute Gasteiger partial charge is 0.233 e. The van der Waals surface area contributed by atoms with Crippen LogP contribution in [0.25, 0.3) is 11.4 Å². The van der Waals surface area contributed by atoms with E-state index >= 15 is 0 Å². The zero-order valence-electron chi connectivity index (χ0n) is 20.1. The molecular formula is C27H28FN5OS. The first-order valence-corrected chi connectivity index (χ1v) is 12.3. The molecule has 4 rings (SSSR count). The Kier molecular flexibility index (Phi) is 7.82. The number of aromatic nitrogens is 3. The number of benzene rings is 3. The fraction of sp³-hybridized carbons (Fsp3) is 0.222. The molecule has 3 aromatic carbocycles. The van der Waals surface area contributed by atoms with Crippen LogP contribution in [0.5, 0.6) is 0 Å². The maximum atomic E-state index is 13.5. The van der Waals surface area contributed by atoms with Crippen LogP contribution in [-0.4, -0.2) is 52.5 Å². The molecule has 0 aliphatic heterocycles. The van der Waals surface area contributed by atoms with Crippen LogP contribution in [0.15, 0.2) is 84.0 Å². The fourth-order valence-electron chi connectivity index (χ4n) is 3.61. The first-order chi connectivity index (χ1) is 16.9. The molecule has 0 aliphatic carbocycles. The van der Waals surface area contributed by atoms with E-state index in [1.807, 2.05) is 78.2 Å². The summed E-state index contributed by atoms with van der Waals surface area (Å²) in [5, 5.41) is 9.37. The van der Waals surface area contributed by atoms with Crippen LogP contribution in [0.1, 0.15) is 11.1 Å². The van der Waals surface area contributed by atoms with E-state index in [2.05, 4.69) is 10.2 Å². The number of rotatable bonds is 9. The quantitative estimate of drug-likeness (QED) is 0.312. The molecule has 35 heavy (non-hydrogen) atoms. The second-order valence-corrected chi connectivity index (χ2v) is 9.43. The van der Waals surface area contributed by atoms with Crippen molar-refractivity contribution in [3.05, 3.63) is 95.8 Å². The number of carbonyl (C=O) groups excluding carboxylic acids is 1. The molecule has 8 heteroatoms. The first kappa shape index (κ1) is 24.5. The molecule has 0 atom stereocenters. The van der Waals surface area contributed by atoms with E-state index in [1.165, 1.54) is 23.9 Å². The topological polar surface area (TPSA) is 54.3 Å². The van der Waals surface area contributed by atoms with Gasteiger partial charge in [0.15, 0.2) is 11.0 Å². The summed E-state index contributed by atoms with van der Waals surface area (Å²) in [5.74, 6) is 0.577. The van der Waals surface area contributed by atoms with E-state index in [9.17, 15) is 9.18 Å². The zero-order chi connectivity index (χ0) is 24.8. The van der Waals surface area contributed by atoms with Gasteiger partial charge in [-0.1, -0.05) is 54.2 Å². The molecule has 0 radical (unpaired) electrons. The lowest BCUT2D eigenvalue weighted by atomic mass is 10.2. The molecule has 0 N–H and O–H groups in total. The van der Waals surface area contributed by atoms with Crippen molar-refractivity contribution < 1.29 is 9.18 Å². The van der Waals surface area contributed by atoms with E-state index in [0.717, 1.165) is 22.4 Å². The fourth-order valence-corrected chi connectivity index (χ4v) is 4.49. The number of hydrogen-bond acceptors (Lipinski definition) is 5. The highest BCUT2D eigenvalue weighted by Gasteiger charge is 2.18. The van der Waals surface area contributed by atoms with Gasteiger partial charge < -0.3 is 9.80 Å². The number of amides is 1. The van der Waals surface area contributed by atoms with Gasteiger partial charge in [0.05, 0.1) is 12.3 Å². The van der Waals surface area contributed by atoms with Crippen LogP contribution in [-0.2, 0) is 17.9 Å². The molecule has 6 nitrogen and oxygen atoms in total. The van der Waals surface area contributed by atoms with Crippen LogP contribution in [0, 0.1) is 5.82 Å². The Labute approximate surface area is 209 Å². The highest BCUT2D eigenvalue weighted by atomic mass is 32.2. The Hall–Kier alpha value is -3.65.